The molecular formula is C11H8BrFN2O. The number of ketones is 1. The van der Waals surface area contributed by atoms with E-state index in [4.69, 9.17) is 0 Å². The summed E-state index contributed by atoms with van der Waals surface area (Å²) in [4.78, 5) is 15.9. The van der Waals surface area contributed by atoms with Gasteiger partial charge in [0.15, 0.2) is 5.82 Å². The Morgan fingerprint density at radius 3 is 2.88 bits per heavy atom. The average Bonchev–Trinajstić information content (AvgIpc) is 2.68. The van der Waals surface area contributed by atoms with Crippen LogP contribution < -0.4 is 0 Å². The summed E-state index contributed by atoms with van der Waals surface area (Å²) in [5.41, 5.74) is 0.0173. The van der Waals surface area contributed by atoms with Crippen molar-refractivity contribution in [1.82, 2.24) is 9.55 Å². The topological polar surface area (TPSA) is 34.9 Å². The van der Waals surface area contributed by atoms with Gasteiger partial charge in [-0.3, -0.25) is 4.79 Å². The van der Waals surface area contributed by atoms with Crippen molar-refractivity contribution in [2.45, 2.75) is 0 Å². The van der Waals surface area contributed by atoms with Gasteiger partial charge in [-0.05, 0) is 28.1 Å². The molecule has 0 unspecified atom stereocenters. The second-order valence-corrected chi connectivity index (χ2v) is 4.15. The Bertz CT molecular complexity index is 551. The molecular weight excluding hydrogens is 275 g/mol. The second-order valence-electron chi connectivity index (χ2n) is 3.29. The highest BCUT2D eigenvalue weighted by Gasteiger charge is 2.18. The summed E-state index contributed by atoms with van der Waals surface area (Å²) in [6.07, 6.45) is 3.15. The van der Waals surface area contributed by atoms with Crippen LogP contribution in [0.2, 0.25) is 0 Å². The van der Waals surface area contributed by atoms with E-state index in [0.29, 0.717) is 0 Å². The van der Waals surface area contributed by atoms with Gasteiger partial charge in [0, 0.05) is 19.4 Å². The van der Waals surface area contributed by atoms with Gasteiger partial charge < -0.3 is 4.57 Å². The minimum atomic E-state index is -0.560. The fourth-order valence-electron chi connectivity index (χ4n) is 1.38. The van der Waals surface area contributed by atoms with E-state index < -0.39 is 11.6 Å². The summed E-state index contributed by atoms with van der Waals surface area (Å²) >= 11 is 3.04. The van der Waals surface area contributed by atoms with E-state index in [2.05, 4.69) is 20.9 Å². The number of hydrogen-bond donors (Lipinski definition) is 0. The predicted octanol–water partition coefficient (Wildman–Crippen LogP) is 2.55. The summed E-state index contributed by atoms with van der Waals surface area (Å²) in [6.45, 7) is 0. The van der Waals surface area contributed by atoms with Crippen LogP contribution in [-0.2, 0) is 7.05 Å². The van der Waals surface area contributed by atoms with Crippen molar-refractivity contribution in [3.05, 3.63) is 52.3 Å². The van der Waals surface area contributed by atoms with Crippen molar-refractivity contribution in [3.63, 3.8) is 0 Å². The molecule has 16 heavy (non-hydrogen) atoms. The minimum absolute atomic E-state index is 0.0173. The largest absolute Gasteiger partial charge is 0.331 e. The molecule has 5 heteroatoms. The van der Waals surface area contributed by atoms with Crippen LogP contribution in [0.4, 0.5) is 4.39 Å². The normalized spacial score (nSPS) is 10.4. The Morgan fingerprint density at radius 2 is 2.25 bits per heavy atom. The zero-order valence-electron chi connectivity index (χ0n) is 8.45. The first-order valence-electron chi connectivity index (χ1n) is 4.57. The molecule has 0 N–H and O–H groups in total. The zero-order valence-corrected chi connectivity index (χ0v) is 10.0. The van der Waals surface area contributed by atoms with E-state index in [1.165, 1.54) is 12.3 Å². The van der Waals surface area contributed by atoms with Crippen molar-refractivity contribution in [2.75, 3.05) is 0 Å². The van der Waals surface area contributed by atoms with E-state index in [1.807, 2.05) is 0 Å². The number of aromatic nitrogens is 2. The number of rotatable bonds is 2. The molecule has 82 valence electrons. The standard InChI is InChI=1S/C11H8BrFN2O/c1-15-6-5-14-11(15)10(16)7-3-2-4-8(12)9(7)13/h2-6H,1H3. The number of nitrogens with zero attached hydrogens (tertiary/aromatic N) is 2. The maximum atomic E-state index is 13.7. The molecule has 0 aliphatic carbocycles. The SMILES string of the molecule is Cn1ccnc1C(=O)c1cccc(Br)c1F. The van der Waals surface area contributed by atoms with Crippen LogP contribution in [-0.4, -0.2) is 15.3 Å². The number of hydrogen-bond acceptors (Lipinski definition) is 2. The fourth-order valence-corrected chi connectivity index (χ4v) is 1.75. The van der Waals surface area contributed by atoms with Gasteiger partial charge in [-0.1, -0.05) is 6.07 Å². The van der Waals surface area contributed by atoms with Crippen LogP contribution in [0.15, 0.2) is 35.1 Å². The quantitative estimate of drug-likeness (QED) is 0.794. The molecule has 0 atom stereocenters. The van der Waals surface area contributed by atoms with Gasteiger partial charge in [0.05, 0.1) is 10.0 Å². The third-order valence-corrected chi connectivity index (χ3v) is 2.83. The van der Waals surface area contributed by atoms with Crippen molar-refractivity contribution >= 4 is 21.7 Å². The molecule has 1 aromatic carbocycles. The third-order valence-electron chi connectivity index (χ3n) is 2.22. The molecule has 0 saturated carbocycles. The maximum absolute atomic E-state index is 13.7. The first-order valence-corrected chi connectivity index (χ1v) is 5.36. The lowest BCUT2D eigenvalue weighted by Gasteiger charge is -2.03. The van der Waals surface area contributed by atoms with E-state index >= 15 is 0 Å². The lowest BCUT2D eigenvalue weighted by molar-refractivity contribution is 0.102. The fraction of sp³-hybridized carbons (Fsp3) is 0.0909. The Morgan fingerprint density at radius 1 is 1.50 bits per heavy atom. The number of carbonyl (C=O) groups is 1. The molecule has 1 aromatic heterocycles. The summed E-state index contributed by atoms with van der Waals surface area (Å²) in [5.74, 6) is -0.765. The van der Waals surface area contributed by atoms with Gasteiger partial charge >= 0.3 is 0 Å². The Kier molecular flexibility index (Phi) is 2.87. The van der Waals surface area contributed by atoms with Crippen molar-refractivity contribution in [3.8, 4) is 0 Å². The average molecular weight is 283 g/mol. The Labute approximate surface area is 100 Å². The third kappa shape index (κ3) is 1.78. The van der Waals surface area contributed by atoms with Crippen LogP contribution in [0.5, 0.6) is 0 Å². The highest BCUT2D eigenvalue weighted by molar-refractivity contribution is 9.10. The molecule has 3 nitrogen and oxygen atoms in total. The number of halogens is 2. The minimum Gasteiger partial charge on any atom is -0.331 e. The summed E-state index contributed by atoms with van der Waals surface area (Å²) < 4.78 is 15.5. The lowest BCUT2D eigenvalue weighted by atomic mass is 10.1. The Balaban J connectivity index is 2.50. The molecule has 1 heterocycles. The summed E-state index contributed by atoms with van der Waals surface area (Å²) in [6, 6.07) is 4.60. The number of aryl methyl sites for hydroxylation is 1. The van der Waals surface area contributed by atoms with Crippen LogP contribution in [0, 0.1) is 5.82 Å². The highest BCUT2D eigenvalue weighted by atomic mass is 79.9. The molecule has 0 aliphatic heterocycles. The van der Waals surface area contributed by atoms with Gasteiger partial charge in [0.25, 0.3) is 0 Å². The number of carbonyl (C=O) groups excluding carboxylic acids is 1. The second kappa shape index (κ2) is 4.17. The lowest BCUT2D eigenvalue weighted by Crippen LogP contribution is -2.10. The first-order chi connectivity index (χ1) is 7.61. The molecule has 0 aliphatic rings. The van der Waals surface area contributed by atoms with Gasteiger partial charge in [-0.2, -0.15) is 0 Å². The van der Waals surface area contributed by atoms with Gasteiger partial charge in [0.2, 0.25) is 5.78 Å². The molecule has 2 aromatic rings. The van der Waals surface area contributed by atoms with Crippen LogP contribution >= 0.6 is 15.9 Å². The first kappa shape index (κ1) is 11.0. The van der Waals surface area contributed by atoms with E-state index in [0.717, 1.165) is 0 Å². The highest BCUT2D eigenvalue weighted by Crippen LogP contribution is 2.20. The zero-order chi connectivity index (χ0) is 11.7. The monoisotopic (exact) mass is 282 g/mol. The smallest absolute Gasteiger partial charge is 0.231 e. The van der Waals surface area contributed by atoms with E-state index in [1.54, 1.807) is 29.9 Å². The number of benzene rings is 1. The molecule has 0 spiro atoms. The van der Waals surface area contributed by atoms with Crippen LogP contribution in [0.1, 0.15) is 16.2 Å². The molecule has 0 fully saturated rings. The molecule has 0 amide bonds. The van der Waals surface area contributed by atoms with Gasteiger partial charge in [0.1, 0.15) is 5.82 Å². The summed E-state index contributed by atoms with van der Waals surface area (Å²) in [5, 5.41) is 0. The van der Waals surface area contributed by atoms with Crippen LogP contribution in [0.25, 0.3) is 0 Å². The van der Waals surface area contributed by atoms with Crippen molar-refractivity contribution in [1.29, 1.82) is 0 Å². The molecule has 0 bridgehead atoms. The van der Waals surface area contributed by atoms with E-state index in [9.17, 15) is 9.18 Å². The maximum Gasteiger partial charge on any atom is 0.231 e. The van der Waals surface area contributed by atoms with Gasteiger partial charge in [-0.25, -0.2) is 9.37 Å². The van der Waals surface area contributed by atoms with Crippen molar-refractivity contribution < 1.29 is 9.18 Å². The van der Waals surface area contributed by atoms with Crippen LogP contribution in [0.3, 0.4) is 0 Å². The van der Waals surface area contributed by atoms with Crippen molar-refractivity contribution in [2.24, 2.45) is 7.05 Å². The Hall–Kier alpha value is -1.49. The van der Waals surface area contributed by atoms with E-state index in [-0.39, 0.29) is 15.9 Å². The molecule has 0 saturated heterocycles. The molecule has 2 rings (SSSR count). The predicted molar refractivity (Wildman–Crippen MR) is 60.7 cm³/mol. The summed E-state index contributed by atoms with van der Waals surface area (Å²) in [7, 11) is 1.69. The van der Waals surface area contributed by atoms with Gasteiger partial charge in [-0.15, -0.1) is 0 Å². The number of imidazole rings is 1. The molecule has 0 radical (unpaired) electrons.